The van der Waals surface area contributed by atoms with Gasteiger partial charge >= 0.3 is 5.97 Å². The summed E-state index contributed by atoms with van der Waals surface area (Å²) in [6.45, 7) is 0.266. The average Bonchev–Trinajstić information content (AvgIpc) is 1.89. The Labute approximate surface area is 59.1 Å². The Hall–Kier alpha value is -0.680. The second-order valence-corrected chi connectivity index (χ2v) is 1.58. The van der Waals surface area contributed by atoms with Crippen molar-refractivity contribution in [3.63, 3.8) is 0 Å². The molecular weight excluding hydrogens is 140 g/mol. The first-order valence-corrected chi connectivity index (χ1v) is 2.99. The molecule has 0 aromatic rings. The first-order valence-electron chi connectivity index (χ1n) is 2.46. The highest BCUT2D eigenvalue weighted by molar-refractivity contribution is 6.26. The molecule has 0 unspecified atom stereocenters. The van der Waals surface area contributed by atoms with Gasteiger partial charge in [0.15, 0.2) is 0 Å². The van der Waals surface area contributed by atoms with Crippen LogP contribution in [0.15, 0.2) is 0 Å². The Balaban J connectivity index is 3.09. The number of esters is 1. The zero-order chi connectivity index (χ0) is 7.11. The van der Waals surface area contributed by atoms with Crippen LogP contribution in [0.2, 0.25) is 0 Å². The number of hydrogen-bond donors (Lipinski definition) is 0. The molecule has 0 heterocycles. The van der Waals surface area contributed by atoms with E-state index in [2.05, 4.69) is 10.7 Å². The van der Waals surface area contributed by atoms with E-state index < -0.39 is 5.97 Å². The largest absolute Gasteiger partial charge is 0.464 e. The smallest absolute Gasteiger partial charge is 0.320 e. The highest BCUT2D eigenvalue weighted by Crippen LogP contribution is 1.84. The molecule has 9 heavy (non-hydrogen) atoms. The van der Waals surface area contributed by atoms with Gasteiger partial charge in [0.05, 0.1) is 0 Å². The van der Waals surface area contributed by atoms with Gasteiger partial charge in [-0.3, -0.25) is 4.79 Å². The normalized spacial score (nSPS) is 8.00. The third kappa shape index (κ3) is 5.19. The minimum Gasteiger partial charge on any atom is -0.464 e. The summed E-state index contributed by atoms with van der Waals surface area (Å²) in [5.41, 5.74) is 0. The lowest BCUT2D eigenvalue weighted by molar-refractivity contribution is -0.140. The minimum atomic E-state index is -0.424. The summed E-state index contributed by atoms with van der Waals surface area (Å²) in [6, 6.07) is 0. The van der Waals surface area contributed by atoms with E-state index in [1.165, 1.54) is 0 Å². The van der Waals surface area contributed by atoms with Crippen molar-refractivity contribution >= 4 is 17.6 Å². The molecule has 0 saturated carbocycles. The second-order valence-electron chi connectivity index (χ2n) is 1.31. The number of alkyl halides is 1. The van der Waals surface area contributed by atoms with Crippen LogP contribution in [0, 0.1) is 12.3 Å². The summed E-state index contributed by atoms with van der Waals surface area (Å²) in [7, 11) is 0. The Morgan fingerprint density at radius 1 is 1.78 bits per heavy atom. The molecule has 0 bridgehead atoms. The van der Waals surface area contributed by atoms with Gasteiger partial charge in [0.2, 0.25) is 0 Å². The van der Waals surface area contributed by atoms with Gasteiger partial charge in [0.25, 0.3) is 0 Å². The molecule has 0 fully saturated rings. The van der Waals surface area contributed by atoms with Gasteiger partial charge in [-0.25, -0.2) is 0 Å². The molecule has 0 spiro atoms. The number of rotatable bonds is 3. The van der Waals surface area contributed by atoms with Crippen LogP contribution in [-0.2, 0) is 9.53 Å². The zero-order valence-corrected chi connectivity index (χ0v) is 5.65. The molecule has 0 saturated heterocycles. The molecule has 50 valence electrons. The second kappa shape index (κ2) is 5.46. The SMILES string of the molecule is C#CCCOC(=O)CCl. The van der Waals surface area contributed by atoms with Crippen molar-refractivity contribution in [2.75, 3.05) is 12.5 Å². The maximum absolute atomic E-state index is 10.3. The van der Waals surface area contributed by atoms with Gasteiger partial charge in [-0.15, -0.1) is 23.9 Å². The van der Waals surface area contributed by atoms with Crippen LogP contribution in [-0.4, -0.2) is 18.5 Å². The summed E-state index contributed by atoms with van der Waals surface area (Å²) in [6.07, 6.45) is 5.33. The molecule has 0 N–H and O–H groups in total. The van der Waals surface area contributed by atoms with Gasteiger partial charge in [0, 0.05) is 6.42 Å². The third-order valence-electron chi connectivity index (χ3n) is 0.619. The van der Waals surface area contributed by atoms with Crippen molar-refractivity contribution in [3.05, 3.63) is 0 Å². The van der Waals surface area contributed by atoms with Gasteiger partial charge in [-0.1, -0.05) is 0 Å². The van der Waals surface area contributed by atoms with Gasteiger partial charge in [-0.05, 0) is 0 Å². The average molecular weight is 147 g/mol. The quantitative estimate of drug-likeness (QED) is 0.255. The van der Waals surface area contributed by atoms with Crippen LogP contribution in [0.25, 0.3) is 0 Å². The number of hydrogen-bond acceptors (Lipinski definition) is 2. The fourth-order valence-electron chi connectivity index (χ4n) is 0.262. The van der Waals surface area contributed by atoms with Gasteiger partial charge < -0.3 is 4.74 Å². The molecule has 0 aliphatic heterocycles. The number of carbonyl (C=O) groups is 1. The van der Waals surface area contributed by atoms with E-state index in [9.17, 15) is 4.79 Å². The standard InChI is InChI=1S/C6H7ClO2/c1-2-3-4-9-6(8)5-7/h1H,3-5H2. The lowest BCUT2D eigenvalue weighted by Crippen LogP contribution is -2.05. The van der Waals surface area contributed by atoms with Crippen LogP contribution < -0.4 is 0 Å². The van der Waals surface area contributed by atoms with E-state index in [4.69, 9.17) is 18.0 Å². The molecule has 0 aliphatic rings. The molecule has 0 radical (unpaired) electrons. The Morgan fingerprint density at radius 2 is 2.44 bits per heavy atom. The fourth-order valence-corrected chi connectivity index (χ4v) is 0.340. The summed E-state index contributed by atoms with van der Waals surface area (Å²) < 4.78 is 4.52. The zero-order valence-electron chi connectivity index (χ0n) is 4.89. The van der Waals surface area contributed by atoms with E-state index in [0.29, 0.717) is 6.42 Å². The topological polar surface area (TPSA) is 26.3 Å². The predicted molar refractivity (Wildman–Crippen MR) is 35.1 cm³/mol. The summed E-state index contributed by atoms with van der Waals surface area (Å²) in [5.74, 6) is 1.80. The number of carbonyl (C=O) groups excluding carboxylic acids is 1. The molecule has 0 aliphatic carbocycles. The molecule has 0 atom stereocenters. The Kier molecular flexibility index (Phi) is 5.04. The highest BCUT2D eigenvalue weighted by Gasteiger charge is 1.95. The molecule has 0 aromatic carbocycles. The molecule has 3 heteroatoms. The molecule has 0 rings (SSSR count). The molecule has 0 amide bonds. The van der Waals surface area contributed by atoms with Crippen molar-refractivity contribution in [2.24, 2.45) is 0 Å². The van der Waals surface area contributed by atoms with Crippen molar-refractivity contribution in [1.82, 2.24) is 0 Å². The van der Waals surface area contributed by atoms with Gasteiger partial charge in [-0.2, -0.15) is 0 Å². The summed E-state index contributed by atoms with van der Waals surface area (Å²) in [5, 5.41) is 0. The van der Waals surface area contributed by atoms with Crippen LogP contribution in [0.4, 0.5) is 0 Å². The maximum atomic E-state index is 10.3. The van der Waals surface area contributed by atoms with Crippen molar-refractivity contribution in [2.45, 2.75) is 6.42 Å². The van der Waals surface area contributed by atoms with Crippen molar-refractivity contribution in [3.8, 4) is 12.3 Å². The monoisotopic (exact) mass is 146 g/mol. The van der Waals surface area contributed by atoms with E-state index >= 15 is 0 Å². The fraction of sp³-hybridized carbons (Fsp3) is 0.500. The summed E-state index contributed by atoms with van der Waals surface area (Å²) >= 11 is 5.10. The van der Waals surface area contributed by atoms with E-state index in [1.807, 2.05) is 0 Å². The van der Waals surface area contributed by atoms with Crippen LogP contribution in [0.5, 0.6) is 0 Å². The predicted octanol–water partition coefficient (Wildman–Crippen LogP) is 0.792. The highest BCUT2D eigenvalue weighted by atomic mass is 35.5. The van der Waals surface area contributed by atoms with Crippen LogP contribution in [0.3, 0.4) is 0 Å². The maximum Gasteiger partial charge on any atom is 0.320 e. The van der Waals surface area contributed by atoms with E-state index in [-0.39, 0.29) is 12.5 Å². The third-order valence-corrected chi connectivity index (χ3v) is 0.837. The Morgan fingerprint density at radius 3 is 2.89 bits per heavy atom. The Bertz CT molecular complexity index is 126. The number of terminal acetylenes is 1. The minimum absolute atomic E-state index is 0.107. The molecule has 0 aromatic heterocycles. The molecule has 2 nitrogen and oxygen atoms in total. The van der Waals surface area contributed by atoms with E-state index in [0.717, 1.165) is 0 Å². The number of halogens is 1. The van der Waals surface area contributed by atoms with Gasteiger partial charge in [0.1, 0.15) is 12.5 Å². The number of ether oxygens (including phenoxy) is 1. The lowest BCUT2D eigenvalue weighted by Gasteiger charge is -1.96. The van der Waals surface area contributed by atoms with E-state index in [1.54, 1.807) is 0 Å². The first-order chi connectivity index (χ1) is 4.31. The van der Waals surface area contributed by atoms with Crippen LogP contribution in [0.1, 0.15) is 6.42 Å². The molecular formula is C6H7ClO2. The van der Waals surface area contributed by atoms with Crippen LogP contribution >= 0.6 is 11.6 Å². The van der Waals surface area contributed by atoms with Crippen molar-refractivity contribution in [1.29, 1.82) is 0 Å². The summed E-state index contributed by atoms with van der Waals surface area (Å²) in [4.78, 5) is 10.3. The lowest BCUT2D eigenvalue weighted by atomic mass is 10.5. The first kappa shape index (κ1) is 8.32. The van der Waals surface area contributed by atoms with Crippen molar-refractivity contribution < 1.29 is 9.53 Å².